The maximum absolute atomic E-state index is 12.8. The molecule has 368 valence electrons. The summed E-state index contributed by atoms with van der Waals surface area (Å²) in [6, 6.07) is 0. The topological polar surface area (TPSA) is 78.9 Å². The molecule has 0 spiro atoms. The molecule has 64 heavy (non-hydrogen) atoms. The monoisotopic (exact) mass is 893 g/mol. The highest BCUT2D eigenvalue weighted by atomic mass is 16.6. The minimum absolute atomic E-state index is 0.0975. The van der Waals surface area contributed by atoms with Gasteiger partial charge < -0.3 is 14.2 Å². The third-order valence-electron chi connectivity index (χ3n) is 11.4. The molecule has 0 aliphatic heterocycles. The Balaban J connectivity index is 4.46. The summed E-state index contributed by atoms with van der Waals surface area (Å²) in [5, 5.41) is 0. The van der Waals surface area contributed by atoms with Gasteiger partial charge in [-0.25, -0.2) is 0 Å². The van der Waals surface area contributed by atoms with Gasteiger partial charge in [0.25, 0.3) is 0 Å². The third kappa shape index (κ3) is 49.9. The summed E-state index contributed by atoms with van der Waals surface area (Å²) >= 11 is 0. The van der Waals surface area contributed by atoms with Crippen LogP contribution in [0.25, 0.3) is 0 Å². The number of allylic oxidation sites excluding steroid dienone is 12. The van der Waals surface area contributed by atoms with Crippen LogP contribution in [0.2, 0.25) is 0 Å². The van der Waals surface area contributed by atoms with Gasteiger partial charge in [-0.2, -0.15) is 0 Å². The van der Waals surface area contributed by atoms with Gasteiger partial charge in [0.05, 0.1) is 0 Å². The van der Waals surface area contributed by atoms with Crippen LogP contribution in [-0.4, -0.2) is 37.2 Å². The molecule has 0 heterocycles. The van der Waals surface area contributed by atoms with Gasteiger partial charge in [-0.15, -0.1) is 0 Å². The van der Waals surface area contributed by atoms with Crippen molar-refractivity contribution in [2.24, 2.45) is 0 Å². The molecule has 0 saturated carbocycles. The van der Waals surface area contributed by atoms with Gasteiger partial charge in [0.1, 0.15) is 13.2 Å². The SMILES string of the molecule is CCCCC/C=C\C/C=C\C/C=C\CCCCC(=O)O[C@H](COC(=O)CCCCCCC/C=C\CCCCCCC)COC(=O)CCCCCCCCC/C=C\C/C=C\CCCCC. The fourth-order valence-electron chi connectivity index (χ4n) is 7.30. The molecule has 0 aliphatic rings. The maximum Gasteiger partial charge on any atom is 0.306 e. The second-order valence-corrected chi connectivity index (χ2v) is 17.8. The van der Waals surface area contributed by atoms with Crippen molar-refractivity contribution in [1.82, 2.24) is 0 Å². The molecule has 0 aromatic heterocycles. The van der Waals surface area contributed by atoms with Crippen LogP contribution in [0.3, 0.4) is 0 Å². The molecule has 0 bridgehead atoms. The zero-order chi connectivity index (χ0) is 46.5. The summed E-state index contributed by atoms with van der Waals surface area (Å²) in [7, 11) is 0. The number of carbonyl (C=O) groups is 3. The molecule has 0 unspecified atom stereocenters. The summed E-state index contributed by atoms with van der Waals surface area (Å²) in [6.45, 7) is 6.53. The van der Waals surface area contributed by atoms with E-state index in [9.17, 15) is 14.4 Å². The molecule has 0 N–H and O–H groups in total. The lowest BCUT2D eigenvalue weighted by atomic mass is 10.1. The van der Waals surface area contributed by atoms with E-state index in [4.69, 9.17) is 14.2 Å². The fraction of sp³-hybridized carbons (Fsp3) is 0.741. The summed E-state index contributed by atoms with van der Waals surface area (Å²) in [6.07, 6.45) is 65.9. The molecule has 6 heteroatoms. The third-order valence-corrected chi connectivity index (χ3v) is 11.4. The fourth-order valence-corrected chi connectivity index (χ4v) is 7.30. The molecule has 0 amide bonds. The van der Waals surface area contributed by atoms with E-state index in [2.05, 4.69) is 93.7 Å². The van der Waals surface area contributed by atoms with Crippen molar-refractivity contribution >= 4 is 17.9 Å². The van der Waals surface area contributed by atoms with Crippen LogP contribution in [0, 0.1) is 0 Å². The number of ether oxygens (including phenoxy) is 3. The van der Waals surface area contributed by atoms with E-state index in [0.29, 0.717) is 19.3 Å². The molecule has 0 aromatic carbocycles. The van der Waals surface area contributed by atoms with Crippen LogP contribution < -0.4 is 0 Å². The normalized spacial score (nSPS) is 12.6. The van der Waals surface area contributed by atoms with Gasteiger partial charge >= 0.3 is 17.9 Å². The first-order valence-electron chi connectivity index (χ1n) is 26.9. The molecule has 0 radical (unpaired) electrons. The highest BCUT2D eigenvalue weighted by Crippen LogP contribution is 2.14. The average Bonchev–Trinajstić information content (AvgIpc) is 3.29. The quantitative estimate of drug-likeness (QED) is 0.0262. The molecule has 0 fully saturated rings. The van der Waals surface area contributed by atoms with Gasteiger partial charge in [-0.3, -0.25) is 14.4 Å². The molecule has 0 aliphatic carbocycles. The Morgan fingerprint density at radius 1 is 0.312 bits per heavy atom. The Morgan fingerprint density at radius 3 is 0.953 bits per heavy atom. The second kappa shape index (κ2) is 52.5. The maximum atomic E-state index is 12.8. The second-order valence-electron chi connectivity index (χ2n) is 17.8. The van der Waals surface area contributed by atoms with Gasteiger partial charge in [-0.05, 0) is 116 Å². The van der Waals surface area contributed by atoms with Gasteiger partial charge in [0.15, 0.2) is 6.10 Å². The summed E-state index contributed by atoms with van der Waals surface area (Å²) in [4.78, 5) is 38.0. The number of rotatable bonds is 48. The van der Waals surface area contributed by atoms with Crippen LogP contribution in [0.15, 0.2) is 72.9 Å². The van der Waals surface area contributed by atoms with Crippen molar-refractivity contribution in [1.29, 1.82) is 0 Å². The minimum atomic E-state index is -0.801. The standard InChI is InChI=1S/C58H100O6/c1-4-7-10-13-16-19-22-25-28-29-31-33-36-39-42-45-48-51-57(60)63-54-55(53-62-56(59)50-47-44-41-38-35-32-27-24-21-18-15-12-9-6-3)64-58(61)52-49-46-43-40-37-34-30-26-23-20-17-14-11-8-5-2/h16-17,19-20,24-28,30,37,40,55H,4-15,18,21-23,29,31-36,38-39,41-54H2,1-3H3/b19-16-,20-17-,27-24-,28-25-,30-26-,40-37-/t55-/m1/s1. The van der Waals surface area contributed by atoms with Crippen molar-refractivity contribution in [3.05, 3.63) is 72.9 Å². The highest BCUT2D eigenvalue weighted by Gasteiger charge is 2.19. The van der Waals surface area contributed by atoms with Crippen molar-refractivity contribution in [2.45, 2.75) is 264 Å². The van der Waals surface area contributed by atoms with Crippen molar-refractivity contribution in [3.8, 4) is 0 Å². The highest BCUT2D eigenvalue weighted by molar-refractivity contribution is 5.71. The zero-order valence-electron chi connectivity index (χ0n) is 42.0. The van der Waals surface area contributed by atoms with Crippen molar-refractivity contribution in [2.75, 3.05) is 13.2 Å². The Morgan fingerprint density at radius 2 is 0.562 bits per heavy atom. The summed E-state index contributed by atoms with van der Waals surface area (Å²) in [5.74, 6) is -0.949. The van der Waals surface area contributed by atoms with E-state index in [1.165, 1.54) is 128 Å². The Bertz CT molecular complexity index is 1210. The Labute approximate surface area is 395 Å². The molecule has 6 nitrogen and oxygen atoms in total. The van der Waals surface area contributed by atoms with Gasteiger partial charge in [0.2, 0.25) is 0 Å². The van der Waals surface area contributed by atoms with E-state index in [1.54, 1.807) is 0 Å². The first-order chi connectivity index (χ1) is 31.5. The number of unbranched alkanes of at least 4 members (excludes halogenated alkanes) is 25. The van der Waals surface area contributed by atoms with E-state index < -0.39 is 6.10 Å². The summed E-state index contributed by atoms with van der Waals surface area (Å²) in [5.41, 5.74) is 0. The van der Waals surface area contributed by atoms with Crippen molar-refractivity contribution in [3.63, 3.8) is 0 Å². The van der Waals surface area contributed by atoms with Crippen LogP contribution in [0.5, 0.6) is 0 Å². The van der Waals surface area contributed by atoms with Crippen LogP contribution >= 0.6 is 0 Å². The van der Waals surface area contributed by atoms with E-state index >= 15 is 0 Å². The Hall–Kier alpha value is -3.15. The molecule has 0 saturated heterocycles. The first-order valence-corrected chi connectivity index (χ1v) is 26.9. The lowest BCUT2D eigenvalue weighted by molar-refractivity contribution is -0.167. The smallest absolute Gasteiger partial charge is 0.306 e. The molecule has 1 atom stereocenters. The molecule has 0 rings (SSSR count). The number of hydrogen-bond donors (Lipinski definition) is 0. The Kier molecular flexibility index (Phi) is 49.9. The van der Waals surface area contributed by atoms with Crippen molar-refractivity contribution < 1.29 is 28.6 Å². The average molecular weight is 893 g/mol. The van der Waals surface area contributed by atoms with E-state index in [0.717, 1.165) is 83.5 Å². The van der Waals surface area contributed by atoms with E-state index in [-0.39, 0.29) is 37.5 Å². The van der Waals surface area contributed by atoms with Gasteiger partial charge in [0, 0.05) is 19.3 Å². The molecule has 0 aromatic rings. The predicted molar refractivity (Wildman–Crippen MR) is 274 cm³/mol. The first kappa shape index (κ1) is 60.9. The van der Waals surface area contributed by atoms with Gasteiger partial charge in [-0.1, -0.05) is 196 Å². The number of hydrogen-bond acceptors (Lipinski definition) is 6. The minimum Gasteiger partial charge on any atom is -0.462 e. The molecular formula is C58H100O6. The largest absolute Gasteiger partial charge is 0.462 e. The van der Waals surface area contributed by atoms with Crippen LogP contribution in [0.4, 0.5) is 0 Å². The van der Waals surface area contributed by atoms with Crippen LogP contribution in [0.1, 0.15) is 258 Å². The summed E-state index contributed by atoms with van der Waals surface area (Å²) < 4.78 is 16.8. The molecular weight excluding hydrogens is 793 g/mol. The number of carbonyl (C=O) groups excluding carboxylic acids is 3. The lowest BCUT2D eigenvalue weighted by Crippen LogP contribution is -2.30. The number of esters is 3. The zero-order valence-corrected chi connectivity index (χ0v) is 42.0. The van der Waals surface area contributed by atoms with E-state index in [1.807, 2.05) is 0 Å². The predicted octanol–water partition coefficient (Wildman–Crippen LogP) is 17.8. The lowest BCUT2D eigenvalue weighted by Gasteiger charge is -2.18. The van der Waals surface area contributed by atoms with Crippen LogP contribution in [-0.2, 0) is 28.6 Å².